The van der Waals surface area contributed by atoms with E-state index >= 15 is 0 Å². The molecule has 0 spiro atoms. The second kappa shape index (κ2) is 8.78. The summed E-state index contributed by atoms with van der Waals surface area (Å²) in [5.74, 6) is -0.468. The lowest BCUT2D eigenvalue weighted by Gasteiger charge is -2.36. The minimum atomic E-state index is -0.870. The zero-order chi connectivity index (χ0) is 21.8. The molecule has 1 atom stereocenters. The van der Waals surface area contributed by atoms with Crippen molar-refractivity contribution in [3.05, 3.63) is 71.8 Å². The summed E-state index contributed by atoms with van der Waals surface area (Å²) in [4.78, 5) is 27.9. The van der Waals surface area contributed by atoms with Gasteiger partial charge in [-0.1, -0.05) is 81.4 Å². The number of hydrogen-bond acceptors (Lipinski definition) is 4. The van der Waals surface area contributed by atoms with Gasteiger partial charge in [0.05, 0.1) is 12.1 Å². The van der Waals surface area contributed by atoms with E-state index < -0.39 is 35.1 Å². The van der Waals surface area contributed by atoms with Gasteiger partial charge in [0.15, 0.2) is 0 Å². The summed E-state index contributed by atoms with van der Waals surface area (Å²) < 4.78 is 5.62. The highest BCUT2D eigenvalue weighted by molar-refractivity contribution is 5.96. The van der Waals surface area contributed by atoms with Gasteiger partial charge in [0.1, 0.15) is 5.60 Å². The maximum atomic E-state index is 13.5. The third-order valence-electron chi connectivity index (χ3n) is 4.52. The van der Waals surface area contributed by atoms with Crippen LogP contribution < -0.4 is 5.73 Å². The Morgan fingerprint density at radius 1 is 0.828 bits per heavy atom. The van der Waals surface area contributed by atoms with E-state index in [1.54, 1.807) is 20.8 Å². The van der Waals surface area contributed by atoms with Crippen molar-refractivity contribution in [1.29, 1.82) is 0 Å². The van der Waals surface area contributed by atoms with E-state index in [9.17, 15) is 9.59 Å². The maximum Gasteiger partial charge on any atom is 0.417 e. The average molecular weight is 397 g/mol. The van der Waals surface area contributed by atoms with Crippen molar-refractivity contribution in [3.8, 4) is 0 Å². The standard InChI is InChI=1S/C24H32N2O3/c1-23(2,3)20(25)21(27)26(22(28)29-24(4,5)6)19(17-13-9-7-10-14-17)18-15-11-8-12-16-18/h7-16,19-20H,25H2,1-6H3/t20-/m1/s1. The molecule has 0 aliphatic carbocycles. The molecule has 0 radical (unpaired) electrons. The Labute approximate surface area is 173 Å². The van der Waals surface area contributed by atoms with Gasteiger partial charge in [-0.3, -0.25) is 4.79 Å². The number of carbonyl (C=O) groups is 2. The number of carbonyl (C=O) groups excluding carboxylic acids is 2. The van der Waals surface area contributed by atoms with Crippen LogP contribution in [0, 0.1) is 5.41 Å². The third kappa shape index (κ3) is 5.91. The maximum absolute atomic E-state index is 13.5. The molecule has 5 nitrogen and oxygen atoms in total. The van der Waals surface area contributed by atoms with Crippen molar-refractivity contribution in [1.82, 2.24) is 4.90 Å². The van der Waals surface area contributed by atoms with Gasteiger partial charge in [0, 0.05) is 0 Å². The molecule has 2 rings (SSSR count). The smallest absolute Gasteiger partial charge is 0.417 e. The molecule has 2 amide bonds. The Bertz CT molecular complexity index is 781. The Morgan fingerprint density at radius 3 is 1.59 bits per heavy atom. The van der Waals surface area contributed by atoms with Crippen LogP contribution in [-0.4, -0.2) is 28.5 Å². The van der Waals surface area contributed by atoms with Crippen LogP contribution in [-0.2, 0) is 9.53 Å². The summed E-state index contributed by atoms with van der Waals surface area (Å²) in [5.41, 5.74) is 6.63. The highest BCUT2D eigenvalue weighted by Gasteiger charge is 2.41. The molecule has 5 heteroatoms. The third-order valence-corrected chi connectivity index (χ3v) is 4.52. The lowest BCUT2D eigenvalue weighted by Crippen LogP contribution is -2.54. The fraction of sp³-hybridized carbons (Fsp3) is 0.417. The van der Waals surface area contributed by atoms with E-state index in [2.05, 4.69) is 0 Å². The predicted molar refractivity (Wildman–Crippen MR) is 115 cm³/mol. The highest BCUT2D eigenvalue weighted by atomic mass is 16.6. The molecule has 2 aromatic rings. The van der Waals surface area contributed by atoms with Crippen LogP contribution in [0.1, 0.15) is 58.7 Å². The van der Waals surface area contributed by atoms with Gasteiger partial charge in [0.25, 0.3) is 0 Å². The van der Waals surface area contributed by atoms with Crippen molar-refractivity contribution in [2.45, 2.75) is 59.2 Å². The number of imide groups is 1. The molecule has 0 unspecified atom stereocenters. The van der Waals surface area contributed by atoms with Crippen LogP contribution >= 0.6 is 0 Å². The first-order valence-corrected chi connectivity index (χ1v) is 9.83. The van der Waals surface area contributed by atoms with E-state index in [4.69, 9.17) is 10.5 Å². The predicted octanol–water partition coefficient (Wildman–Crippen LogP) is 4.91. The van der Waals surface area contributed by atoms with Crippen LogP contribution in [0.25, 0.3) is 0 Å². The molecular formula is C24H32N2O3. The van der Waals surface area contributed by atoms with E-state index in [0.29, 0.717) is 0 Å². The fourth-order valence-electron chi connectivity index (χ4n) is 2.92. The van der Waals surface area contributed by atoms with Crippen LogP contribution in [0.3, 0.4) is 0 Å². The van der Waals surface area contributed by atoms with E-state index in [1.807, 2.05) is 81.4 Å². The summed E-state index contributed by atoms with van der Waals surface area (Å²) in [6, 6.07) is 17.4. The number of benzene rings is 2. The summed E-state index contributed by atoms with van der Waals surface area (Å²) in [5, 5.41) is 0. The second-order valence-corrected chi connectivity index (χ2v) is 9.26. The minimum Gasteiger partial charge on any atom is -0.443 e. The molecule has 156 valence electrons. The molecule has 2 N–H and O–H groups in total. The van der Waals surface area contributed by atoms with Gasteiger partial charge in [0.2, 0.25) is 5.91 Å². The molecule has 0 aromatic heterocycles. The Morgan fingerprint density at radius 2 is 1.24 bits per heavy atom. The zero-order valence-electron chi connectivity index (χ0n) is 18.2. The molecule has 0 aliphatic heterocycles. The average Bonchev–Trinajstić information content (AvgIpc) is 2.64. The van der Waals surface area contributed by atoms with E-state index in [1.165, 1.54) is 4.90 Å². The highest BCUT2D eigenvalue weighted by Crippen LogP contribution is 2.32. The lowest BCUT2D eigenvalue weighted by atomic mass is 9.85. The number of amides is 2. The molecule has 2 aromatic carbocycles. The van der Waals surface area contributed by atoms with Gasteiger partial charge in [-0.2, -0.15) is 0 Å². The van der Waals surface area contributed by atoms with Crippen LogP contribution in [0.2, 0.25) is 0 Å². The molecule has 0 bridgehead atoms. The number of ether oxygens (including phenoxy) is 1. The van der Waals surface area contributed by atoms with E-state index in [0.717, 1.165) is 11.1 Å². The molecule has 29 heavy (non-hydrogen) atoms. The van der Waals surface area contributed by atoms with Crippen molar-refractivity contribution in [2.24, 2.45) is 11.1 Å². The van der Waals surface area contributed by atoms with Crippen LogP contribution in [0.15, 0.2) is 60.7 Å². The van der Waals surface area contributed by atoms with E-state index in [-0.39, 0.29) is 0 Å². The molecule has 0 fully saturated rings. The first kappa shape index (κ1) is 22.6. The van der Waals surface area contributed by atoms with Crippen molar-refractivity contribution < 1.29 is 14.3 Å². The number of rotatable bonds is 4. The summed E-state index contributed by atoms with van der Waals surface area (Å²) in [6.45, 7) is 11.0. The second-order valence-electron chi connectivity index (χ2n) is 9.26. The van der Waals surface area contributed by atoms with Gasteiger partial charge in [-0.15, -0.1) is 0 Å². The van der Waals surface area contributed by atoms with Crippen molar-refractivity contribution in [2.75, 3.05) is 0 Å². The molecule has 0 heterocycles. The van der Waals surface area contributed by atoms with Gasteiger partial charge < -0.3 is 10.5 Å². The molecule has 0 aliphatic rings. The molecule has 0 saturated carbocycles. The summed E-state index contributed by atoms with van der Waals surface area (Å²) >= 11 is 0. The number of nitrogens with zero attached hydrogens (tertiary/aromatic N) is 1. The minimum absolute atomic E-state index is 0.468. The normalized spacial score (nSPS) is 13.1. The van der Waals surface area contributed by atoms with Crippen LogP contribution in [0.5, 0.6) is 0 Å². The Hall–Kier alpha value is -2.66. The lowest BCUT2D eigenvalue weighted by molar-refractivity contribution is -0.135. The van der Waals surface area contributed by atoms with Crippen LogP contribution in [0.4, 0.5) is 4.79 Å². The van der Waals surface area contributed by atoms with Crippen molar-refractivity contribution in [3.63, 3.8) is 0 Å². The molecular weight excluding hydrogens is 364 g/mol. The summed E-state index contributed by atoms with van der Waals surface area (Å²) in [6.07, 6.45) is -0.708. The zero-order valence-corrected chi connectivity index (χ0v) is 18.2. The first-order chi connectivity index (χ1) is 13.4. The first-order valence-electron chi connectivity index (χ1n) is 9.83. The quantitative estimate of drug-likeness (QED) is 0.797. The largest absolute Gasteiger partial charge is 0.443 e. The SMILES string of the molecule is CC(C)(C)OC(=O)N(C(=O)[C@@H](N)C(C)(C)C)C(c1ccccc1)c1ccccc1. The summed E-state index contributed by atoms with van der Waals surface area (Å²) in [7, 11) is 0. The Balaban J connectivity index is 2.64. The van der Waals surface area contributed by atoms with Gasteiger partial charge in [-0.25, -0.2) is 9.69 Å². The van der Waals surface area contributed by atoms with Gasteiger partial charge in [-0.05, 0) is 37.3 Å². The fourth-order valence-corrected chi connectivity index (χ4v) is 2.92. The number of nitrogens with two attached hydrogens (primary N) is 1. The topological polar surface area (TPSA) is 72.6 Å². The Kier molecular flexibility index (Phi) is 6.85. The number of hydrogen-bond donors (Lipinski definition) is 1. The molecule has 0 saturated heterocycles. The monoisotopic (exact) mass is 396 g/mol. The van der Waals surface area contributed by atoms with Gasteiger partial charge >= 0.3 is 6.09 Å². The van der Waals surface area contributed by atoms with Crippen molar-refractivity contribution >= 4 is 12.0 Å².